The van der Waals surface area contributed by atoms with E-state index in [9.17, 15) is 29.4 Å². The molecule has 14 nitrogen and oxygen atoms in total. The number of benzene rings is 2. The van der Waals surface area contributed by atoms with Crippen molar-refractivity contribution < 1.29 is 38.9 Å². The molecule has 14 heteroatoms. The molecule has 2 aromatic heterocycles. The van der Waals surface area contributed by atoms with Crippen LogP contribution in [0, 0.1) is 17.3 Å². The van der Waals surface area contributed by atoms with Gasteiger partial charge in [-0.1, -0.05) is 39.8 Å². The van der Waals surface area contributed by atoms with Crippen LogP contribution in [0.25, 0.3) is 33.3 Å². The molecule has 2 aliphatic heterocycles. The van der Waals surface area contributed by atoms with Crippen LogP contribution in [0.15, 0.2) is 54.7 Å². The number of ether oxygens (including phenoxy) is 2. The van der Waals surface area contributed by atoms with Gasteiger partial charge in [-0.15, -0.1) is 0 Å². The van der Waals surface area contributed by atoms with Crippen molar-refractivity contribution >= 4 is 34.6 Å². The van der Waals surface area contributed by atoms with Crippen LogP contribution in [0.5, 0.6) is 5.75 Å². The summed E-state index contributed by atoms with van der Waals surface area (Å²) in [5.41, 5.74) is 9.60. The molecule has 2 aromatic carbocycles. The lowest BCUT2D eigenvalue weighted by molar-refractivity contribution is -0.155. The fraction of sp³-hybridized carbons (Fsp3) is 0.521. The summed E-state index contributed by atoms with van der Waals surface area (Å²) in [5.74, 6) is -2.34. The number of hydrogen-bond donors (Lipinski definition) is 4. The standard InChI is InChI=1S/C48H62N6O8/c1-9-53-40-15-14-30-24-36(40)37(43(53)35-12-10-16-49-41(35)28(4)61-8)25-48(5,6)26-62-47(60)38-13-11-17-54(51-38)46(59)39(20-29-18-31(30)21-33(55)19-29)50-44(57)42(27(2)3)52(7)45(58)32-22-34(56)23-32/h10,12,14-16,18-19,21,24,27-28,32,34,38-39,42,51,55-56H,9,11,13,17,20,22-23,25-26H2,1-8H3,(H,50,57)/t28-,32-,34-,38-,39-,42-/m0/s1. The lowest BCUT2D eigenvalue weighted by atomic mass is 9.81. The molecule has 0 spiro atoms. The number of nitrogens with zero attached hydrogens (tertiary/aromatic N) is 4. The van der Waals surface area contributed by atoms with Gasteiger partial charge in [-0.25, -0.2) is 5.43 Å². The van der Waals surface area contributed by atoms with Crippen molar-refractivity contribution in [2.75, 3.05) is 27.3 Å². The third kappa shape index (κ3) is 9.09. The fourth-order valence-electron chi connectivity index (χ4n) is 9.46. The Balaban J connectivity index is 1.34. The highest BCUT2D eigenvalue weighted by Crippen LogP contribution is 2.42. The third-order valence-electron chi connectivity index (χ3n) is 12.8. The van der Waals surface area contributed by atoms with Crippen LogP contribution >= 0.6 is 0 Å². The summed E-state index contributed by atoms with van der Waals surface area (Å²) < 4.78 is 14.2. The van der Waals surface area contributed by atoms with E-state index in [2.05, 4.69) is 54.3 Å². The maximum absolute atomic E-state index is 14.6. The van der Waals surface area contributed by atoms with Crippen molar-refractivity contribution in [3.05, 3.63) is 71.5 Å². The van der Waals surface area contributed by atoms with Crippen LogP contribution in [0.2, 0.25) is 0 Å². The second kappa shape index (κ2) is 18.2. The Morgan fingerprint density at radius 1 is 1.10 bits per heavy atom. The molecular weight excluding hydrogens is 789 g/mol. The highest BCUT2D eigenvalue weighted by atomic mass is 16.5. The average molecular weight is 851 g/mol. The minimum absolute atomic E-state index is 0.00163. The Morgan fingerprint density at radius 2 is 1.85 bits per heavy atom. The Hall–Kier alpha value is -5.31. The Bertz CT molecular complexity index is 2330. The molecule has 7 rings (SSSR count). The van der Waals surface area contributed by atoms with Gasteiger partial charge in [0, 0.05) is 67.7 Å². The molecule has 0 unspecified atom stereocenters. The number of aromatic hydroxyl groups is 1. The normalized spacial score (nSPS) is 22.6. The first-order chi connectivity index (χ1) is 29.5. The number of fused-ring (bicyclic) bond motifs is 6. The van der Waals surface area contributed by atoms with Gasteiger partial charge < -0.3 is 34.5 Å². The molecule has 3 amide bonds. The topological polar surface area (TPSA) is 176 Å². The molecule has 4 heterocycles. The van der Waals surface area contributed by atoms with Crippen molar-refractivity contribution in [1.29, 1.82) is 0 Å². The zero-order chi connectivity index (χ0) is 44.6. The first kappa shape index (κ1) is 44.7. The maximum Gasteiger partial charge on any atom is 0.324 e. The van der Waals surface area contributed by atoms with Crippen molar-refractivity contribution in [2.24, 2.45) is 17.3 Å². The summed E-state index contributed by atoms with van der Waals surface area (Å²) in [4.78, 5) is 62.4. The van der Waals surface area contributed by atoms with E-state index < -0.39 is 47.4 Å². The number of methoxy groups -OCH3 is 1. The summed E-state index contributed by atoms with van der Waals surface area (Å²) in [6, 6.07) is 12.6. The van der Waals surface area contributed by atoms with Gasteiger partial charge in [0.25, 0.3) is 5.91 Å². The third-order valence-corrected chi connectivity index (χ3v) is 12.8. The molecule has 1 saturated carbocycles. The van der Waals surface area contributed by atoms with Gasteiger partial charge >= 0.3 is 5.97 Å². The predicted molar refractivity (Wildman–Crippen MR) is 235 cm³/mol. The monoisotopic (exact) mass is 850 g/mol. The van der Waals surface area contributed by atoms with E-state index in [1.807, 2.05) is 39.0 Å². The van der Waals surface area contributed by atoms with E-state index in [0.717, 1.165) is 44.5 Å². The second-order valence-electron chi connectivity index (χ2n) is 18.5. The van der Waals surface area contributed by atoms with Gasteiger partial charge in [0.15, 0.2) is 0 Å². The van der Waals surface area contributed by atoms with E-state index in [0.29, 0.717) is 50.8 Å². The van der Waals surface area contributed by atoms with Crippen molar-refractivity contribution in [1.82, 2.24) is 30.2 Å². The smallest absolute Gasteiger partial charge is 0.324 e. The number of aromatic nitrogens is 2. The van der Waals surface area contributed by atoms with Gasteiger partial charge in [-0.05, 0) is 111 Å². The Morgan fingerprint density at radius 3 is 2.55 bits per heavy atom. The number of pyridine rings is 1. The summed E-state index contributed by atoms with van der Waals surface area (Å²) in [6.45, 7) is 13.0. The van der Waals surface area contributed by atoms with E-state index in [1.165, 1.54) is 9.91 Å². The number of aliphatic hydroxyl groups is 1. The van der Waals surface area contributed by atoms with Gasteiger partial charge in [0.2, 0.25) is 11.8 Å². The van der Waals surface area contributed by atoms with Crippen molar-refractivity contribution in [3.63, 3.8) is 0 Å². The number of phenolic OH excluding ortho intramolecular Hbond substituents is 1. The number of rotatable bonds is 9. The van der Waals surface area contributed by atoms with Gasteiger partial charge in [-0.3, -0.25) is 29.2 Å². The number of carbonyl (C=O) groups is 4. The van der Waals surface area contributed by atoms with Crippen LogP contribution in [0.3, 0.4) is 0 Å². The maximum atomic E-state index is 14.6. The fourth-order valence-corrected chi connectivity index (χ4v) is 9.46. The molecule has 6 bridgehead atoms. The Kier molecular flexibility index (Phi) is 13.1. The van der Waals surface area contributed by atoms with Crippen LogP contribution < -0.4 is 10.7 Å². The molecule has 62 heavy (non-hydrogen) atoms. The molecule has 332 valence electrons. The summed E-state index contributed by atoms with van der Waals surface area (Å²) >= 11 is 0. The van der Waals surface area contributed by atoms with Crippen LogP contribution in [0.4, 0.5) is 0 Å². The number of hydrogen-bond acceptors (Lipinski definition) is 10. The average Bonchev–Trinajstić information content (AvgIpc) is 3.54. The number of aryl methyl sites for hydroxylation is 1. The van der Waals surface area contributed by atoms with Crippen molar-refractivity contribution in [3.8, 4) is 28.1 Å². The number of esters is 1. The van der Waals surface area contributed by atoms with Crippen molar-refractivity contribution in [2.45, 2.75) is 117 Å². The molecule has 3 aliphatic rings. The SMILES string of the molecule is CCn1c(-c2cccnc2[C@H](C)OC)c2c3cc(ccc31)-c1cc(O)cc(c1)C[C@H](NC(=O)[C@H](C(C)C)N(C)C(=O)[C@H]1C[C@H](O)C1)C(=O)N1CCC[C@H](N1)C(=O)OCC(C)(C)C2. The van der Waals surface area contributed by atoms with Gasteiger partial charge in [0.05, 0.1) is 30.2 Å². The second-order valence-corrected chi connectivity index (χ2v) is 18.5. The summed E-state index contributed by atoms with van der Waals surface area (Å²) in [5, 5.41) is 26.5. The van der Waals surface area contributed by atoms with Gasteiger partial charge in [-0.2, -0.15) is 0 Å². The predicted octanol–water partition coefficient (Wildman–Crippen LogP) is 5.71. The van der Waals surface area contributed by atoms with Gasteiger partial charge in [0.1, 0.15) is 23.9 Å². The quantitative estimate of drug-likeness (QED) is 0.153. The molecule has 1 saturated heterocycles. The van der Waals surface area contributed by atoms with Crippen LogP contribution in [-0.2, 0) is 48.0 Å². The minimum atomic E-state index is -1.13. The molecule has 0 radical (unpaired) electrons. The number of nitrogens with one attached hydrogen (secondary N) is 2. The number of hydrazine groups is 1. The molecule has 1 aliphatic carbocycles. The largest absolute Gasteiger partial charge is 0.508 e. The number of aliphatic hydroxyl groups excluding tert-OH is 1. The molecule has 4 atom stereocenters. The number of amides is 3. The number of phenols is 1. The summed E-state index contributed by atoms with van der Waals surface area (Å²) in [6.07, 6.45) is 3.19. The van der Waals surface area contributed by atoms with E-state index in [4.69, 9.17) is 14.5 Å². The highest BCUT2D eigenvalue weighted by Gasteiger charge is 2.41. The molecule has 2 fully saturated rings. The number of carbonyl (C=O) groups excluding carboxylic acids is 4. The molecular formula is C48H62N6O8. The lowest BCUT2D eigenvalue weighted by Crippen LogP contribution is -2.62. The number of cyclic esters (lactones) is 1. The molecule has 4 N–H and O–H groups in total. The van der Waals surface area contributed by atoms with Crippen LogP contribution in [0.1, 0.15) is 90.2 Å². The van der Waals surface area contributed by atoms with E-state index in [1.54, 1.807) is 32.5 Å². The zero-order valence-electron chi connectivity index (χ0n) is 37.2. The number of likely N-dealkylation sites (N-methyl/N-ethyl adjacent to an activating group) is 1. The molecule has 4 aromatic rings. The zero-order valence-corrected chi connectivity index (χ0v) is 37.2. The highest BCUT2D eigenvalue weighted by molar-refractivity contribution is 5.96. The first-order valence-corrected chi connectivity index (χ1v) is 22.0. The minimum Gasteiger partial charge on any atom is -0.508 e. The first-order valence-electron chi connectivity index (χ1n) is 22.0. The van der Waals surface area contributed by atoms with Crippen LogP contribution in [-0.4, -0.2) is 105 Å². The summed E-state index contributed by atoms with van der Waals surface area (Å²) in [7, 11) is 3.26. The van der Waals surface area contributed by atoms with E-state index >= 15 is 0 Å². The lowest BCUT2D eigenvalue weighted by Gasteiger charge is -2.38. The van der Waals surface area contributed by atoms with E-state index in [-0.39, 0.29) is 42.6 Å². The Labute approximate surface area is 363 Å².